The van der Waals surface area contributed by atoms with Gasteiger partial charge in [-0.15, -0.1) is 0 Å². The molecule has 1 heterocycles. The molecular weight excluding hydrogens is 148 g/mol. The second-order valence-corrected chi connectivity index (χ2v) is 4.92. The van der Waals surface area contributed by atoms with Crippen LogP contribution < -0.4 is 0 Å². The van der Waals surface area contributed by atoms with Crippen LogP contribution in [-0.4, -0.2) is 21.5 Å². The summed E-state index contributed by atoms with van der Waals surface area (Å²) in [6, 6.07) is 0. The van der Waals surface area contributed by atoms with Crippen molar-refractivity contribution in [2.75, 3.05) is 11.5 Å². The van der Waals surface area contributed by atoms with Gasteiger partial charge in [-0.2, -0.15) is 0 Å². The number of Topliss-reactive ketones (excluding diaryl/α,β-unsaturated/α-hetero) is 1. The topological polar surface area (TPSA) is 34.1 Å². The Bertz CT molecular complexity index is 184. The predicted octanol–water partition coefficient (Wildman–Crippen LogP) is 0.734. The Morgan fingerprint density at radius 2 is 2.10 bits per heavy atom. The average molecular weight is 160 g/mol. The van der Waals surface area contributed by atoms with Crippen LogP contribution in [0.15, 0.2) is 0 Å². The van der Waals surface area contributed by atoms with E-state index < -0.39 is 10.8 Å². The fourth-order valence-corrected chi connectivity index (χ4v) is 2.62. The van der Waals surface area contributed by atoms with Gasteiger partial charge in [0.15, 0.2) is 0 Å². The lowest BCUT2D eigenvalue weighted by atomic mass is 9.89. The molecule has 0 N–H and O–H groups in total. The molecule has 0 saturated carbocycles. The van der Waals surface area contributed by atoms with Crippen LogP contribution in [0.25, 0.3) is 0 Å². The first-order chi connectivity index (χ1) is 4.52. The highest BCUT2D eigenvalue weighted by atomic mass is 32.2. The van der Waals surface area contributed by atoms with E-state index in [1.165, 1.54) is 0 Å². The first-order valence-corrected chi connectivity index (χ1v) is 4.89. The van der Waals surface area contributed by atoms with Crippen molar-refractivity contribution < 1.29 is 9.00 Å². The van der Waals surface area contributed by atoms with Gasteiger partial charge in [0.25, 0.3) is 0 Å². The van der Waals surface area contributed by atoms with Crippen LogP contribution >= 0.6 is 0 Å². The van der Waals surface area contributed by atoms with Crippen LogP contribution in [0, 0.1) is 5.41 Å². The molecule has 0 aliphatic carbocycles. The van der Waals surface area contributed by atoms with Crippen LogP contribution in [0.3, 0.4) is 0 Å². The number of ketones is 1. The molecule has 0 aromatic heterocycles. The molecule has 3 heteroatoms. The van der Waals surface area contributed by atoms with Crippen molar-refractivity contribution in [1.82, 2.24) is 0 Å². The third-order valence-electron chi connectivity index (χ3n) is 1.83. The number of carbonyl (C=O) groups is 1. The lowest BCUT2D eigenvalue weighted by Crippen LogP contribution is -2.36. The summed E-state index contributed by atoms with van der Waals surface area (Å²) < 4.78 is 11.0. The minimum absolute atomic E-state index is 0.257. The summed E-state index contributed by atoms with van der Waals surface area (Å²) in [7, 11) is -0.751. The van der Waals surface area contributed by atoms with Crippen LogP contribution in [0.5, 0.6) is 0 Å². The summed E-state index contributed by atoms with van der Waals surface area (Å²) in [5, 5.41) is 0. The molecule has 0 bridgehead atoms. The van der Waals surface area contributed by atoms with E-state index in [1.807, 2.05) is 13.8 Å². The highest BCUT2D eigenvalue weighted by molar-refractivity contribution is 7.85. The zero-order valence-corrected chi connectivity index (χ0v) is 7.16. The van der Waals surface area contributed by atoms with Gasteiger partial charge in [-0.3, -0.25) is 9.00 Å². The molecule has 1 rings (SSSR count). The van der Waals surface area contributed by atoms with Crippen molar-refractivity contribution in [1.29, 1.82) is 0 Å². The molecule has 0 spiro atoms. The van der Waals surface area contributed by atoms with E-state index in [0.29, 0.717) is 17.9 Å². The van der Waals surface area contributed by atoms with E-state index >= 15 is 0 Å². The molecule has 1 atom stereocenters. The molecule has 0 amide bonds. The summed E-state index contributed by atoms with van der Waals surface area (Å²) in [6.45, 7) is 3.73. The quantitative estimate of drug-likeness (QED) is 0.523. The van der Waals surface area contributed by atoms with Gasteiger partial charge in [0.05, 0.1) is 0 Å². The Morgan fingerprint density at radius 3 is 2.50 bits per heavy atom. The van der Waals surface area contributed by atoms with E-state index in [1.54, 1.807) is 0 Å². The first kappa shape index (κ1) is 7.92. The Hall–Kier alpha value is -0.180. The van der Waals surface area contributed by atoms with Crippen LogP contribution in [0.4, 0.5) is 0 Å². The third-order valence-corrected chi connectivity index (χ3v) is 3.54. The number of hydrogen-bond donors (Lipinski definition) is 0. The van der Waals surface area contributed by atoms with Gasteiger partial charge in [-0.1, -0.05) is 13.8 Å². The molecule has 0 unspecified atom stereocenters. The van der Waals surface area contributed by atoms with Gasteiger partial charge in [0, 0.05) is 34.1 Å². The van der Waals surface area contributed by atoms with E-state index in [2.05, 4.69) is 0 Å². The molecule has 1 saturated heterocycles. The standard InChI is InChI=1S/C7H12O2S/c1-7(2)5-10(9)4-3-6(7)8/h3-5H2,1-2H3/t10-/m1/s1. The Labute approximate surface area is 63.5 Å². The molecule has 1 aliphatic heterocycles. The Balaban J connectivity index is 2.73. The lowest BCUT2D eigenvalue weighted by Gasteiger charge is -2.26. The van der Waals surface area contributed by atoms with Crippen molar-refractivity contribution in [3.05, 3.63) is 0 Å². The zero-order chi connectivity index (χ0) is 7.78. The molecule has 10 heavy (non-hydrogen) atoms. The molecule has 1 fully saturated rings. The average Bonchev–Trinajstić information content (AvgIpc) is 1.78. The molecular formula is C7H12O2S. The number of carbonyl (C=O) groups excluding carboxylic acids is 1. The van der Waals surface area contributed by atoms with Gasteiger partial charge < -0.3 is 0 Å². The largest absolute Gasteiger partial charge is 0.299 e. The maximum atomic E-state index is 11.1. The number of hydrogen-bond acceptors (Lipinski definition) is 2. The Kier molecular flexibility index (Phi) is 1.95. The maximum Gasteiger partial charge on any atom is 0.140 e. The van der Waals surface area contributed by atoms with Gasteiger partial charge in [-0.05, 0) is 0 Å². The van der Waals surface area contributed by atoms with Crippen molar-refractivity contribution in [3.63, 3.8) is 0 Å². The summed E-state index contributed by atoms with van der Waals surface area (Å²) >= 11 is 0. The van der Waals surface area contributed by atoms with E-state index in [-0.39, 0.29) is 11.2 Å². The molecule has 58 valence electrons. The zero-order valence-electron chi connectivity index (χ0n) is 6.35. The van der Waals surface area contributed by atoms with Crippen molar-refractivity contribution >= 4 is 16.6 Å². The van der Waals surface area contributed by atoms with Crippen molar-refractivity contribution in [3.8, 4) is 0 Å². The van der Waals surface area contributed by atoms with E-state index in [0.717, 1.165) is 0 Å². The van der Waals surface area contributed by atoms with Crippen LogP contribution in [0.2, 0.25) is 0 Å². The van der Waals surface area contributed by atoms with Crippen molar-refractivity contribution in [2.24, 2.45) is 5.41 Å². The van der Waals surface area contributed by atoms with Crippen LogP contribution in [0.1, 0.15) is 20.3 Å². The van der Waals surface area contributed by atoms with Gasteiger partial charge in [-0.25, -0.2) is 0 Å². The van der Waals surface area contributed by atoms with Gasteiger partial charge >= 0.3 is 0 Å². The minimum Gasteiger partial charge on any atom is -0.299 e. The molecule has 0 radical (unpaired) electrons. The van der Waals surface area contributed by atoms with Gasteiger partial charge in [0.2, 0.25) is 0 Å². The second-order valence-electron chi connectivity index (χ2n) is 3.35. The highest BCUT2D eigenvalue weighted by Gasteiger charge is 2.33. The SMILES string of the molecule is CC1(C)C[S@](=O)CCC1=O. The van der Waals surface area contributed by atoms with E-state index in [9.17, 15) is 9.00 Å². The first-order valence-electron chi connectivity index (χ1n) is 3.41. The summed E-state index contributed by atoms with van der Waals surface area (Å²) in [6.07, 6.45) is 0.500. The van der Waals surface area contributed by atoms with E-state index in [4.69, 9.17) is 0 Å². The molecule has 0 aromatic carbocycles. The molecule has 0 aromatic rings. The second kappa shape index (κ2) is 2.46. The fraction of sp³-hybridized carbons (Fsp3) is 0.857. The number of rotatable bonds is 0. The smallest absolute Gasteiger partial charge is 0.140 e. The fourth-order valence-electron chi connectivity index (χ4n) is 1.10. The highest BCUT2D eigenvalue weighted by Crippen LogP contribution is 2.24. The molecule has 1 aliphatic rings. The summed E-state index contributed by atoms with van der Waals surface area (Å²) in [5.74, 6) is 1.38. The normalized spacial score (nSPS) is 32.2. The van der Waals surface area contributed by atoms with Gasteiger partial charge in [0.1, 0.15) is 5.78 Å². The molecule has 2 nitrogen and oxygen atoms in total. The maximum absolute atomic E-state index is 11.1. The third kappa shape index (κ3) is 1.45. The van der Waals surface area contributed by atoms with Crippen LogP contribution in [-0.2, 0) is 15.6 Å². The minimum atomic E-state index is -0.751. The lowest BCUT2D eigenvalue weighted by molar-refractivity contribution is -0.126. The summed E-state index contributed by atoms with van der Waals surface area (Å²) in [5.41, 5.74) is -0.330. The monoisotopic (exact) mass is 160 g/mol. The van der Waals surface area contributed by atoms with Crippen molar-refractivity contribution in [2.45, 2.75) is 20.3 Å². The Morgan fingerprint density at radius 1 is 1.50 bits per heavy atom. The summed E-state index contributed by atoms with van der Waals surface area (Å²) in [4.78, 5) is 11.1. The predicted molar refractivity (Wildman–Crippen MR) is 41.3 cm³/mol.